The minimum absolute atomic E-state index is 0.281. The summed E-state index contributed by atoms with van der Waals surface area (Å²) in [5.41, 5.74) is 1.69. The van der Waals surface area contributed by atoms with E-state index in [1.807, 2.05) is 6.07 Å². The van der Waals surface area contributed by atoms with Gasteiger partial charge in [-0.05, 0) is 42.8 Å². The Morgan fingerprint density at radius 3 is 2.68 bits per heavy atom. The third kappa shape index (κ3) is 5.52. The van der Waals surface area contributed by atoms with Crippen LogP contribution in [0.5, 0.6) is 5.75 Å². The number of aryl methyl sites for hydroxylation is 1. The minimum Gasteiger partial charge on any atom is -0.481 e. The molecule has 2 aromatic carbocycles. The average molecular weight is 359 g/mol. The van der Waals surface area contributed by atoms with Crippen molar-refractivity contribution >= 4 is 29.2 Å². The molecule has 6 nitrogen and oxygen atoms in total. The fourth-order valence-corrected chi connectivity index (χ4v) is 2.19. The third-order valence-corrected chi connectivity index (χ3v) is 3.41. The second kappa shape index (κ2) is 8.71. The second-order valence-corrected chi connectivity index (χ2v) is 5.50. The summed E-state index contributed by atoms with van der Waals surface area (Å²) in [6.45, 7) is 0.962. The lowest BCUT2D eigenvalue weighted by molar-refractivity contribution is -0.149. The van der Waals surface area contributed by atoms with Gasteiger partial charge in [0.05, 0.1) is 5.56 Å². The summed E-state index contributed by atoms with van der Waals surface area (Å²) in [6, 6.07) is 13.5. The van der Waals surface area contributed by atoms with Gasteiger partial charge in [0, 0.05) is 10.7 Å². The van der Waals surface area contributed by atoms with Gasteiger partial charge in [-0.25, -0.2) is 4.79 Å². The molecule has 0 atom stereocenters. The lowest BCUT2D eigenvalue weighted by atomic mass is 10.2. The monoisotopic (exact) mass is 358 g/mol. The first kappa shape index (κ1) is 18.3. The molecule has 25 heavy (non-hydrogen) atoms. The Hall–Kier alpha value is -3.04. The van der Waals surface area contributed by atoms with E-state index in [9.17, 15) is 9.59 Å². The maximum absolute atomic E-state index is 11.8. The molecule has 0 heterocycles. The summed E-state index contributed by atoms with van der Waals surface area (Å²) in [6.07, 6.45) is 0. The molecule has 0 saturated heterocycles. The molecule has 1 N–H and O–H groups in total. The number of benzene rings is 2. The van der Waals surface area contributed by atoms with Gasteiger partial charge in [-0.1, -0.05) is 23.7 Å². The first-order valence-electron chi connectivity index (χ1n) is 7.33. The fourth-order valence-electron chi connectivity index (χ4n) is 1.96. The van der Waals surface area contributed by atoms with Crippen LogP contribution in [0.3, 0.4) is 0 Å². The van der Waals surface area contributed by atoms with Crippen molar-refractivity contribution in [1.82, 2.24) is 0 Å². The van der Waals surface area contributed by atoms with E-state index in [0.717, 1.165) is 5.56 Å². The van der Waals surface area contributed by atoms with E-state index >= 15 is 0 Å². The van der Waals surface area contributed by atoms with Gasteiger partial charge in [0.1, 0.15) is 11.8 Å². The Kier molecular flexibility index (Phi) is 6.38. The zero-order chi connectivity index (χ0) is 18.2. The van der Waals surface area contributed by atoms with Crippen LogP contribution in [0.4, 0.5) is 5.69 Å². The highest BCUT2D eigenvalue weighted by atomic mass is 35.5. The van der Waals surface area contributed by atoms with Crippen LogP contribution in [0.25, 0.3) is 0 Å². The third-order valence-electron chi connectivity index (χ3n) is 3.18. The van der Waals surface area contributed by atoms with Crippen molar-refractivity contribution in [3.05, 3.63) is 58.6 Å². The summed E-state index contributed by atoms with van der Waals surface area (Å²) < 4.78 is 10.1. The maximum atomic E-state index is 11.8. The van der Waals surface area contributed by atoms with Crippen molar-refractivity contribution in [1.29, 1.82) is 5.26 Å². The van der Waals surface area contributed by atoms with Crippen molar-refractivity contribution in [2.24, 2.45) is 0 Å². The molecule has 128 valence electrons. The number of hydrogen-bond donors (Lipinski definition) is 1. The molecule has 0 aromatic heterocycles. The van der Waals surface area contributed by atoms with Crippen LogP contribution in [0.15, 0.2) is 42.5 Å². The van der Waals surface area contributed by atoms with Gasteiger partial charge in [0.15, 0.2) is 13.2 Å². The second-order valence-electron chi connectivity index (χ2n) is 5.06. The highest BCUT2D eigenvalue weighted by molar-refractivity contribution is 6.30. The summed E-state index contributed by atoms with van der Waals surface area (Å²) in [7, 11) is 0. The van der Waals surface area contributed by atoms with E-state index in [0.29, 0.717) is 16.3 Å². The first-order valence-corrected chi connectivity index (χ1v) is 7.71. The Morgan fingerprint density at radius 1 is 1.20 bits per heavy atom. The minimum atomic E-state index is -0.712. The zero-order valence-corrected chi connectivity index (χ0v) is 14.2. The van der Waals surface area contributed by atoms with Crippen LogP contribution >= 0.6 is 11.6 Å². The van der Waals surface area contributed by atoms with Crippen LogP contribution in [0, 0.1) is 18.3 Å². The highest BCUT2D eigenvalue weighted by Crippen LogP contribution is 2.19. The van der Waals surface area contributed by atoms with Gasteiger partial charge in [-0.15, -0.1) is 0 Å². The van der Waals surface area contributed by atoms with Crippen molar-refractivity contribution in [3.8, 4) is 11.8 Å². The fraction of sp³-hybridized carbons (Fsp3) is 0.167. The molecule has 2 rings (SSSR count). The highest BCUT2D eigenvalue weighted by Gasteiger charge is 2.11. The molecule has 0 aliphatic heterocycles. The standard InChI is InChI=1S/C18H15ClN2O4/c1-12-8-14(19)6-7-15(12)21-17(22)10-25-18(23)11-24-16-5-3-2-4-13(16)9-20/h2-8H,10-11H2,1H3,(H,21,22). The van der Waals surface area contributed by atoms with Crippen LogP contribution in [-0.2, 0) is 14.3 Å². The van der Waals surface area contributed by atoms with E-state index in [1.54, 1.807) is 49.4 Å². The molecule has 0 saturated carbocycles. The number of nitrogens with zero attached hydrogens (tertiary/aromatic N) is 1. The van der Waals surface area contributed by atoms with Crippen LogP contribution in [-0.4, -0.2) is 25.1 Å². The molecular formula is C18H15ClN2O4. The summed E-state index contributed by atoms with van der Waals surface area (Å²) in [5.74, 6) is -0.907. The van der Waals surface area contributed by atoms with Crippen LogP contribution in [0.2, 0.25) is 5.02 Å². The normalized spacial score (nSPS) is 9.80. The molecule has 2 aromatic rings. The molecule has 0 radical (unpaired) electrons. The number of halogens is 1. The summed E-state index contributed by atoms with van der Waals surface area (Å²) >= 11 is 5.85. The molecule has 0 aliphatic rings. The lowest BCUT2D eigenvalue weighted by Crippen LogP contribution is -2.24. The van der Waals surface area contributed by atoms with Crippen LogP contribution < -0.4 is 10.1 Å². The van der Waals surface area contributed by atoms with Crippen LogP contribution in [0.1, 0.15) is 11.1 Å². The number of nitriles is 1. The van der Waals surface area contributed by atoms with Crippen molar-refractivity contribution in [2.45, 2.75) is 6.92 Å². The van der Waals surface area contributed by atoms with Gasteiger partial charge in [-0.3, -0.25) is 4.79 Å². The average Bonchev–Trinajstić information content (AvgIpc) is 2.60. The quantitative estimate of drug-likeness (QED) is 0.801. The number of carbonyl (C=O) groups is 2. The van der Waals surface area contributed by atoms with E-state index in [4.69, 9.17) is 26.3 Å². The van der Waals surface area contributed by atoms with Gasteiger partial charge in [0.2, 0.25) is 0 Å². The SMILES string of the molecule is Cc1cc(Cl)ccc1NC(=O)COC(=O)COc1ccccc1C#N. The number of nitrogens with one attached hydrogen (secondary N) is 1. The topological polar surface area (TPSA) is 88.4 Å². The van der Waals surface area contributed by atoms with E-state index in [1.165, 1.54) is 0 Å². The van der Waals surface area contributed by atoms with E-state index < -0.39 is 25.1 Å². The number of anilines is 1. The Labute approximate surface area is 149 Å². The summed E-state index contributed by atoms with van der Waals surface area (Å²) in [4.78, 5) is 23.5. The van der Waals surface area contributed by atoms with Gasteiger partial charge in [-0.2, -0.15) is 5.26 Å². The van der Waals surface area contributed by atoms with E-state index in [-0.39, 0.29) is 5.75 Å². The first-order chi connectivity index (χ1) is 12.0. The molecule has 0 spiro atoms. The number of hydrogen-bond acceptors (Lipinski definition) is 5. The molecule has 0 bridgehead atoms. The van der Waals surface area contributed by atoms with Gasteiger partial charge < -0.3 is 14.8 Å². The van der Waals surface area contributed by atoms with Crippen molar-refractivity contribution < 1.29 is 19.1 Å². The van der Waals surface area contributed by atoms with E-state index in [2.05, 4.69) is 5.32 Å². The summed E-state index contributed by atoms with van der Waals surface area (Å²) in [5, 5.41) is 12.1. The molecule has 0 fully saturated rings. The Balaban J connectivity index is 1.79. The molecule has 0 aliphatic carbocycles. The zero-order valence-electron chi connectivity index (χ0n) is 13.4. The maximum Gasteiger partial charge on any atom is 0.344 e. The number of carbonyl (C=O) groups excluding carboxylic acids is 2. The van der Waals surface area contributed by atoms with Gasteiger partial charge in [0.25, 0.3) is 5.91 Å². The predicted octanol–water partition coefficient (Wildman–Crippen LogP) is 3.08. The Morgan fingerprint density at radius 2 is 1.96 bits per heavy atom. The number of rotatable bonds is 6. The molecule has 7 heteroatoms. The predicted molar refractivity (Wildman–Crippen MR) is 92.4 cm³/mol. The van der Waals surface area contributed by atoms with Crippen molar-refractivity contribution in [3.63, 3.8) is 0 Å². The number of esters is 1. The number of amides is 1. The molecular weight excluding hydrogens is 344 g/mol. The van der Waals surface area contributed by atoms with Gasteiger partial charge >= 0.3 is 5.97 Å². The molecule has 1 amide bonds. The number of ether oxygens (including phenoxy) is 2. The molecule has 0 unspecified atom stereocenters. The largest absolute Gasteiger partial charge is 0.481 e. The number of para-hydroxylation sites is 1. The smallest absolute Gasteiger partial charge is 0.344 e. The Bertz CT molecular complexity index is 830. The lowest BCUT2D eigenvalue weighted by Gasteiger charge is -2.10. The van der Waals surface area contributed by atoms with Crippen molar-refractivity contribution in [2.75, 3.05) is 18.5 Å².